The highest BCUT2D eigenvalue weighted by Crippen LogP contribution is 2.50. The van der Waals surface area contributed by atoms with Crippen molar-refractivity contribution >= 4 is 41.9 Å². The zero-order chi connectivity index (χ0) is 29.9. The number of hydrogen-bond donors (Lipinski definition) is 7. The molecular formula is C20H24FN10O10P. The Morgan fingerprint density at radius 1 is 1.02 bits per heavy atom. The van der Waals surface area contributed by atoms with Crippen LogP contribution >= 0.6 is 7.82 Å². The van der Waals surface area contributed by atoms with Crippen molar-refractivity contribution in [1.29, 1.82) is 0 Å². The Morgan fingerprint density at radius 2 is 1.71 bits per heavy atom. The predicted molar refractivity (Wildman–Crippen MR) is 135 cm³/mol. The molecule has 22 heteroatoms. The first-order valence-electron chi connectivity index (χ1n) is 12.2. The predicted octanol–water partition coefficient (Wildman–Crippen LogP) is -2.53. The van der Waals surface area contributed by atoms with Crippen LogP contribution in [0.25, 0.3) is 22.3 Å². The van der Waals surface area contributed by atoms with Crippen LogP contribution in [-0.4, -0.2) is 109 Å². The largest absolute Gasteiger partial charge is 0.472 e. The lowest BCUT2D eigenvalue weighted by molar-refractivity contribution is -0.0600. The monoisotopic (exact) mass is 614 g/mol. The second-order valence-electron chi connectivity index (χ2n) is 9.43. The summed E-state index contributed by atoms with van der Waals surface area (Å²) in [6.45, 7) is -1.54. The van der Waals surface area contributed by atoms with Gasteiger partial charge in [0, 0.05) is 0 Å². The molecule has 5 unspecified atom stereocenters. The molecule has 0 radical (unpaired) electrons. The maximum atomic E-state index is 15.1. The third kappa shape index (κ3) is 4.79. The first kappa shape index (κ1) is 28.5. The summed E-state index contributed by atoms with van der Waals surface area (Å²) in [4.78, 5) is 44.7. The lowest BCUT2D eigenvalue weighted by Gasteiger charge is -2.24. The van der Waals surface area contributed by atoms with Gasteiger partial charge in [-0.05, 0) is 0 Å². The molecule has 4 aromatic rings. The Balaban J connectivity index is 1.19. The summed E-state index contributed by atoms with van der Waals surface area (Å²) < 4.78 is 51.7. The number of ether oxygens (including phenoxy) is 2. The number of nitrogens with one attached hydrogen (secondary N) is 1. The van der Waals surface area contributed by atoms with Gasteiger partial charge >= 0.3 is 7.82 Å². The molecule has 6 heterocycles. The lowest BCUT2D eigenvalue weighted by atomic mass is 10.1. The van der Waals surface area contributed by atoms with Gasteiger partial charge in [-0.1, -0.05) is 0 Å². The van der Waals surface area contributed by atoms with E-state index in [2.05, 4.69) is 29.9 Å². The van der Waals surface area contributed by atoms with Gasteiger partial charge in [0.15, 0.2) is 41.3 Å². The molecule has 0 amide bonds. The summed E-state index contributed by atoms with van der Waals surface area (Å²) in [7, 11) is -5.10. The molecule has 9 atom stereocenters. The van der Waals surface area contributed by atoms with Crippen LogP contribution in [0.4, 0.5) is 16.2 Å². The van der Waals surface area contributed by atoms with Crippen LogP contribution < -0.4 is 17.0 Å². The number of aromatic nitrogens is 8. The first-order valence-corrected chi connectivity index (χ1v) is 13.7. The minimum absolute atomic E-state index is 0.0421. The number of H-pyrrole nitrogens is 1. The molecule has 0 aromatic carbocycles. The molecule has 2 aliphatic heterocycles. The molecule has 226 valence electrons. The van der Waals surface area contributed by atoms with Gasteiger partial charge in [-0.3, -0.25) is 28.0 Å². The molecule has 2 fully saturated rings. The Bertz CT molecular complexity index is 1730. The Labute approximate surface area is 232 Å². The number of phosphoric acid groups is 1. The smallest absolute Gasteiger partial charge is 0.394 e. The van der Waals surface area contributed by atoms with Crippen LogP contribution in [0.3, 0.4) is 0 Å². The van der Waals surface area contributed by atoms with E-state index in [-0.39, 0.29) is 34.1 Å². The highest BCUT2D eigenvalue weighted by Gasteiger charge is 2.51. The van der Waals surface area contributed by atoms with E-state index < -0.39 is 75.7 Å². The Hall–Kier alpha value is -3.66. The van der Waals surface area contributed by atoms with Crippen molar-refractivity contribution in [3.63, 3.8) is 0 Å². The molecule has 20 nitrogen and oxygen atoms in total. The fraction of sp³-hybridized carbons (Fsp3) is 0.500. The molecule has 0 aliphatic carbocycles. The summed E-state index contributed by atoms with van der Waals surface area (Å²) in [6.07, 6.45) is -9.34. The van der Waals surface area contributed by atoms with Crippen LogP contribution in [-0.2, 0) is 23.1 Å². The van der Waals surface area contributed by atoms with Crippen LogP contribution in [0.5, 0.6) is 0 Å². The van der Waals surface area contributed by atoms with Crippen molar-refractivity contribution in [2.24, 2.45) is 0 Å². The Morgan fingerprint density at radius 3 is 2.45 bits per heavy atom. The number of aliphatic hydroxyl groups excluding tert-OH is 3. The summed E-state index contributed by atoms with van der Waals surface area (Å²) in [6, 6.07) is 0. The van der Waals surface area contributed by atoms with E-state index in [1.54, 1.807) is 0 Å². The van der Waals surface area contributed by atoms with Gasteiger partial charge in [0.1, 0.15) is 42.4 Å². The molecule has 0 spiro atoms. The van der Waals surface area contributed by atoms with Crippen LogP contribution in [0.15, 0.2) is 23.8 Å². The van der Waals surface area contributed by atoms with E-state index in [1.807, 2.05) is 0 Å². The van der Waals surface area contributed by atoms with E-state index in [0.717, 1.165) is 17.2 Å². The molecule has 2 aliphatic rings. The van der Waals surface area contributed by atoms with Gasteiger partial charge in [-0.25, -0.2) is 28.9 Å². The number of nitrogens with zero attached hydrogens (tertiary/aromatic N) is 7. The van der Waals surface area contributed by atoms with Gasteiger partial charge in [-0.2, -0.15) is 4.98 Å². The van der Waals surface area contributed by atoms with Crippen LogP contribution in [0.2, 0.25) is 0 Å². The highest BCUT2D eigenvalue weighted by molar-refractivity contribution is 7.47. The van der Waals surface area contributed by atoms with Gasteiger partial charge in [0.2, 0.25) is 5.95 Å². The third-order valence-electron chi connectivity index (χ3n) is 6.83. The molecule has 9 N–H and O–H groups in total. The van der Waals surface area contributed by atoms with Gasteiger partial charge in [0.25, 0.3) is 5.56 Å². The van der Waals surface area contributed by atoms with Gasteiger partial charge in [-0.15, -0.1) is 0 Å². The van der Waals surface area contributed by atoms with Crippen molar-refractivity contribution in [1.82, 2.24) is 39.0 Å². The molecule has 42 heavy (non-hydrogen) atoms. The van der Waals surface area contributed by atoms with Crippen molar-refractivity contribution in [3.8, 4) is 0 Å². The second kappa shape index (κ2) is 10.6. The van der Waals surface area contributed by atoms with Crippen molar-refractivity contribution in [2.45, 2.75) is 49.1 Å². The molecule has 6 rings (SSSR count). The standard InChI is InChI=1S/C20H24FN10O10P/c21-8-11(33)7(40-18(8)30-4-26-9-14(22)24-3-25-15(9)30)2-38-42(36,37)41-13-12(34)6(1-32)39-19(13)31-5-27-10-16(31)28-20(23)29-17(10)35/h3-8,11-13,18-19,32-34H,1-2H2,(H,36,37)(H2,22,24,25)(H3,23,28,29,35)/t6-,7-,8?,11?,12?,13?,18-,19-/m1/s1. The number of fused-ring (bicyclic) bond motifs is 2. The number of phosphoric ester groups is 1. The molecular weight excluding hydrogens is 590 g/mol. The number of hydrogen-bond acceptors (Lipinski definition) is 16. The number of nitrogen functional groups attached to an aromatic ring is 2. The minimum Gasteiger partial charge on any atom is -0.394 e. The van der Waals surface area contributed by atoms with E-state index in [9.17, 15) is 29.6 Å². The number of aliphatic hydroxyl groups is 3. The van der Waals surface area contributed by atoms with E-state index >= 15 is 4.39 Å². The lowest BCUT2D eigenvalue weighted by Crippen LogP contribution is -2.35. The SMILES string of the molecule is Nc1nc2c(ncn2[C@@H]2O[C@H](CO)C(O)C2OP(=O)(O)OC[C@H]2O[C@@H](n3cnc4c(N)ncnc43)C(F)C2O)c(=O)[nH]1. The fourth-order valence-corrected chi connectivity index (χ4v) is 5.74. The molecule has 0 bridgehead atoms. The quantitative estimate of drug-likeness (QED) is 0.101. The topological polar surface area (TPSA) is 294 Å². The summed E-state index contributed by atoms with van der Waals surface area (Å²) in [5, 5.41) is 30.7. The summed E-state index contributed by atoms with van der Waals surface area (Å²) >= 11 is 0. The summed E-state index contributed by atoms with van der Waals surface area (Å²) in [5.74, 6) is -0.222. The number of halogens is 1. The van der Waals surface area contributed by atoms with Gasteiger partial charge in [0.05, 0.1) is 25.9 Å². The average molecular weight is 614 g/mol. The first-order chi connectivity index (χ1) is 20.0. The number of anilines is 2. The van der Waals surface area contributed by atoms with Crippen molar-refractivity contribution < 1.29 is 47.7 Å². The number of rotatable bonds is 8. The van der Waals surface area contributed by atoms with Gasteiger partial charge < -0.3 is 41.2 Å². The van der Waals surface area contributed by atoms with Crippen molar-refractivity contribution in [3.05, 3.63) is 29.3 Å². The maximum Gasteiger partial charge on any atom is 0.472 e. The van der Waals surface area contributed by atoms with E-state index in [0.29, 0.717) is 0 Å². The fourth-order valence-electron chi connectivity index (χ4n) is 4.81. The number of aromatic amines is 1. The molecule has 4 aromatic heterocycles. The normalized spacial score (nSPS) is 31.3. The van der Waals surface area contributed by atoms with Crippen LogP contribution in [0, 0.1) is 0 Å². The average Bonchev–Trinajstić information content (AvgIpc) is 3.69. The molecule has 0 saturated carbocycles. The highest BCUT2D eigenvalue weighted by atomic mass is 31.2. The number of alkyl halides is 1. The van der Waals surface area contributed by atoms with Crippen molar-refractivity contribution in [2.75, 3.05) is 24.7 Å². The van der Waals surface area contributed by atoms with E-state index in [4.69, 9.17) is 30.0 Å². The van der Waals surface area contributed by atoms with E-state index in [1.165, 1.54) is 10.9 Å². The zero-order valence-electron chi connectivity index (χ0n) is 21.1. The molecule has 2 saturated heterocycles. The number of nitrogens with two attached hydrogens (primary N) is 2. The maximum absolute atomic E-state index is 15.1. The Kier molecular flexibility index (Phi) is 7.15. The summed E-state index contributed by atoms with van der Waals surface area (Å²) in [5.41, 5.74) is 10.7. The zero-order valence-corrected chi connectivity index (χ0v) is 22.0. The second-order valence-corrected chi connectivity index (χ2v) is 10.8. The minimum atomic E-state index is -5.10. The number of imidazole rings is 2. The van der Waals surface area contributed by atoms with Crippen LogP contribution in [0.1, 0.15) is 12.5 Å². The third-order valence-corrected chi connectivity index (χ3v) is 7.81.